The number of fused-ring (bicyclic) bond motifs is 1. The van der Waals surface area contributed by atoms with E-state index in [1.54, 1.807) is 0 Å². The first-order valence-electron chi connectivity index (χ1n) is 32.1. The number of nitrogens with two attached hydrogens (primary N) is 1. The van der Waals surface area contributed by atoms with Gasteiger partial charge >= 0.3 is 1.43 Å². The maximum atomic E-state index is 11.6. The molecule has 3 heterocycles. The molecule has 2 unspecified atom stereocenters. The lowest BCUT2D eigenvalue weighted by atomic mass is 10.1. The molecule has 1 fully saturated rings. The van der Waals surface area contributed by atoms with Gasteiger partial charge in [-0.2, -0.15) is 0 Å². The molecule has 0 saturated carbocycles. The molecule has 1 aliphatic rings. The molecule has 21 nitrogen and oxygen atoms in total. The Labute approximate surface area is 499 Å². The number of nitrogen functional groups attached to an aromatic ring is 1. The molecule has 4 N–H and O–H groups in total. The number of ether oxygens (including phenoxy) is 1. The van der Waals surface area contributed by atoms with Crippen molar-refractivity contribution in [1.29, 1.82) is 0 Å². The first-order valence-corrected chi connectivity index (χ1v) is 36.5. The van der Waals surface area contributed by atoms with Crippen molar-refractivity contribution in [2.24, 2.45) is 0 Å². The lowest BCUT2D eigenvalue weighted by molar-refractivity contribution is -0.929. The summed E-state index contributed by atoms with van der Waals surface area (Å²) in [6.07, 6.45) is 29.2. The quantitative estimate of drug-likeness (QED) is 0.0410. The topological polar surface area (TPSA) is 290 Å². The minimum atomic E-state index is -6.14. The van der Waals surface area contributed by atoms with Crippen LogP contribution < -0.4 is 25.3 Å². The third-order valence-corrected chi connectivity index (χ3v) is 19.3. The van der Waals surface area contributed by atoms with Crippen LogP contribution in [0.3, 0.4) is 0 Å². The zero-order chi connectivity index (χ0) is 62.1. The molecule has 24 heteroatoms. The predicted molar refractivity (Wildman–Crippen MR) is 326 cm³/mol. The van der Waals surface area contributed by atoms with Crippen LogP contribution in [0.5, 0.6) is 0 Å². The lowest BCUT2D eigenvalue weighted by Crippen LogP contribution is -2.50. The van der Waals surface area contributed by atoms with Crippen LogP contribution in [-0.2, 0) is 31.6 Å². The fourth-order valence-electron chi connectivity index (χ4n) is 10.5. The van der Waals surface area contributed by atoms with E-state index in [0.29, 0.717) is 0 Å². The van der Waals surface area contributed by atoms with Gasteiger partial charge in [-0.25, -0.2) is 19.3 Å². The Morgan fingerprint density at radius 1 is 0.500 bits per heavy atom. The van der Waals surface area contributed by atoms with E-state index in [-0.39, 0.29) is 18.4 Å². The highest BCUT2D eigenvalue weighted by molar-refractivity contribution is 7.64. The van der Waals surface area contributed by atoms with Gasteiger partial charge in [-0.15, -0.1) is 0 Å². The summed E-state index contributed by atoms with van der Waals surface area (Å²) >= 11 is 0. The van der Waals surface area contributed by atoms with Gasteiger partial charge in [0.1, 0.15) is 30.2 Å². The van der Waals surface area contributed by atoms with E-state index in [9.17, 15) is 43.5 Å². The molecule has 0 spiro atoms. The fraction of sp³-hybridized carbons (Fsp3) is 0.914. The predicted octanol–water partition coefficient (Wildman–Crippen LogP) is 11.0. The van der Waals surface area contributed by atoms with Crippen LogP contribution in [0.1, 0.15) is 245 Å². The highest BCUT2D eigenvalue weighted by Gasteiger charge is 2.45. The van der Waals surface area contributed by atoms with Gasteiger partial charge in [-0.3, -0.25) is 18.0 Å². The molecule has 0 aliphatic carbocycles. The summed E-state index contributed by atoms with van der Waals surface area (Å²) in [6, 6.07) is 0. The second kappa shape index (κ2) is 44.9. The van der Waals surface area contributed by atoms with E-state index < -0.39 is 54.6 Å². The second-order valence-corrected chi connectivity index (χ2v) is 27.1. The number of nitrogens with zero attached hydrogens (tertiary/aromatic N) is 7. The summed E-state index contributed by atoms with van der Waals surface area (Å²) in [4.78, 5) is 54.9. The van der Waals surface area contributed by atoms with Crippen molar-refractivity contribution >= 4 is 40.4 Å². The summed E-state index contributed by atoms with van der Waals surface area (Å²) < 4.78 is 54.5. The summed E-state index contributed by atoms with van der Waals surface area (Å²) in [5.74, 6) is 0.0195. The second-order valence-electron chi connectivity index (χ2n) is 22.9. The molecule has 486 valence electrons. The van der Waals surface area contributed by atoms with Crippen LogP contribution in [0.4, 0.5) is 5.82 Å². The van der Waals surface area contributed by atoms with Crippen molar-refractivity contribution in [3.8, 4) is 0 Å². The summed E-state index contributed by atoms with van der Waals surface area (Å²) in [5, 5.41) is 20.3. The Bertz CT molecular complexity index is 1850. The molecule has 1 saturated heterocycles. The number of anilines is 1. The highest BCUT2D eigenvalue weighted by Crippen LogP contribution is 2.60. The molecular formula is C58H121N8O13P3. The van der Waals surface area contributed by atoms with Crippen LogP contribution in [0.15, 0.2) is 12.7 Å². The average molecular weight is 1230 g/mol. The number of aliphatic hydroxyl groups is 2. The van der Waals surface area contributed by atoms with Gasteiger partial charge in [0.2, 0.25) is 0 Å². The van der Waals surface area contributed by atoms with E-state index in [4.69, 9.17) is 10.5 Å². The molecule has 2 aromatic heterocycles. The van der Waals surface area contributed by atoms with Crippen LogP contribution in [0, 0.1) is 0 Å². The monoisotopic (exact) mass is 1230 g/mol. The van der Waals surface area contributed by atoms with Gasteiger partial charge in [-0.1, -0.05) is 160 Å². The van der Waals surface area contributed by atoms with Gasteiger partial charge in [0.15, 0.2) is 17.7 Å². The number of phosphoric acid groups is 3. The van der Waals surface area contributed by atoms with Crippen LogP contribution in [0.2, 0.25) is 0 Å². The first kappa shape index (κ1) is 80.5. The third-order valence-electron chi connectivity index (χ3n) is 15.6. The van der Waals surface area contributed by atoms with Gasteiger partial charge in [0, 0.05) is 0 Å². The summed E-state index contributed by atoms with van der Waals surface area (Å²) in [5.41, 5.74) is 5.92. The Hall–Kier alpha value is -1.48. The number of aliphatic hydroxyl groups excluding tert-OH is 2. The Balaban J connectivity index is 0. The van der Waals surface area contributed by atoms with Crippen LogP contribution in [0.25, 0.3) is 11.2 Å². The van der Waals surface area contributed by atoms with Crippen molar-refractivity contribution in [2.75, 3.05) is 90.9 Å². The van der Waals surface area contributed by atoms with Gasteiger partial charge in [0.25, 0.3) is 15.6 Å². The number of phosphoric ester groups is 1. The van der Waals surface area contributed by atoms with E-state index in [1.807, 2.05) is 0 Å². The van der Waals surface area contributed by atoms with Crippen molar-refractivity contribution in [1.82, 2.24) is 19.5 Å². The number of unbranched alkanes of at least 4 members (excludes halogenated alkanes) is 12. The molecule has 2 aromatic rings. The molecule has 0 aromatic carbocycles. The van der Waals surface area contributed by atoms with Crippen molar-refractivity contribution in [2.45, 2.75) is 262 Å². The van der Waals surface area contributed by atoms with Crippen LogP contribution >= 0.6 is 23.5 Å². The molecule has 6 atom stereocenters. The fourth-order valence-corrected chi connectivity index (χ4v) is 13.4. The maximum absolute atomic E-state index is 11.6. The van der Waals surface area contributed by atoms with E-state index in [1.165, 1.54) is 251 Å². The molecule has 1 aliphatic heterocycles. The molecule has 0 bridgehead atoms. The highest BCUT2D eigenvalue weighted by atomic mass is 31.3. The molecule has 3 rings (SSSR count). The Morgan fingerprint density at radius 2 is 0.805 bits per heavy atom. The van der Waals surface area contributed by atoms with E-state index in [2.05, 4.69) is 111 Å². The molecule has 82 heavy (non-hydrogen) atoms. The van der Waals surface area contributed by atoms with Gasteiger partial charge in [-0.05, 0) is 77.0 Å². The number of hydrogen-bond acceptors (Lipinski definition) is 17. The zero-order valence-electron chi connectivity index (χ0n) is 54.6. The summed E-state index contributed by atoms with van der Waals surface area (Å²) in [7, 11) is -18.1. The van der Waals surface area contributed by atoms with Gasteiger partial charge in [0.05, 0.1) is 99.3 Å². The molecular weight excluding hydrogens is 1110 g/mol. The number of rotatable bonds is 44. The standard InChI is InChI=1S/3C16H36N.C10H16N5O13P3/c3*1-5-9-13-17(14-10-6-2,15-11-7-3)16-12-8-4;11-8-5-9(13-2-12-8)15(3-14-5)10-7(17)6(16)4(26-10)1-25-30(21,22)28-31(23,24)27-29(18,19)20/h3*5-16H2,1-4H3;2-4,6-7,10,16-17H,1H2,(H,21,22)(H,23,24)(H2,11,12,13)(H2,18,19,20)/q3*+1;/p-3/t;;;4-,6-,7-,10-/m...1/s1. The minimum Gasteiger partial charge on any atom is -0.790 e. The number of imidazole rings is 1. The van der Waals surface area contributed by atoms with Crippen molar-refractivity contribution in [3.63, 3.8) is 0 Å². The van der Waals surface area contributed by atoms with E-state index >= 15 is 0 Å². The van der Waals surface area contributed by atoms with Crippen molar-refractivity contribution in [3.05, 3.63) is 12.7 Å². The average Bonchev–Trinajstić information content (AvgIpc) is 3.85. The van der Waals surface area contributed by atoms with Gasteiger partial charge < -0.3 is 62.8 Å². The van der Waals surface area contributed by atoms with Crippen LogP contribution in [-0.4, -0.2) is 147 Å². The Morgan fingerprint density at radius 3 is 1.09 bits per heavy atom. The van der Waals surface area contributed by atoms with E-state index in [0.717, 1.165) is 12.7 Å². The first-order chi connectivity index (χ1) is 38.9. The lowest BCUT2D eigenvalue weighted by Gasteiger charge is -2.39. The number of hydrogen-bond donors (Lipinski definition) is 3. The smallest absolute Gasteiger partial charge is 0.790 e. The van der Waals surface area contributed by atoms with Crippen molar-refractivity contribution < 1.29 is 76.2 Å². The largest absolute Gasteiger partial charge is 1.00 e. The summed E-state index contributed by atoms with van der Waals surface area (Å²) in [6.45, 7) is 44.0. The maximum Gasteiger partial charge on any atom is 1.00 e. The SMILES string of the molecule is CCCC[N+](CCCC)(CCCC)CCCC.CCCC[N+](CCCC)(CCCC)CCCC.CCCC[N+](CCCC)(CCCC)CCCC.Nc1ncnc2c1ncn2[C@@H]1O[C@H](COP(=O)([O-])OP(=O)([O-])OP(=O)([O-])[O-])[C@@H](O)[C@H]1O.[H+]. The molecule has 0 amide bonds. The molecule has 0 radical (unpaired) electrons. The Kier molecular flexibility index (Phi) is 44.1. The minimum absolute atomic E-state index is 0. The number of aromatic nitrogens is 4. The third kappa shape index (κ3) is 33.0. The zero-order valence-corrected chi connectivity index (χ0v) is 56.2. The normalized spacial score (nSPS) is 18.2. The number of quaternary nitrogens is 3.